The van der Waals surface area contributed by atoms with E-state index in [4.69, 9.17) is 5.84 Å². The molecule has 7 heteroatoms. The molecule has 3 N–H and O–H groups in total. The number of rotatable bonds is 6. The van der Waals surface area contributed by atoms with Crippen molar-refractivity contribution in [3.8, 4) is 0 Å². The van der Waals surface area contributed by atoms with Crippen molar-refractivity contribution in [3.63, 3.8) is 0 Å². The first-order valence-electron chi connectivity index (χ1n) is 7.11. The number of nitrogen functional groups attached to an aromatic ring is 1. The lowest BCUT2D eigenvalue weighted by Gasteiger charge is -2.32. The fourth-order valence-electron chi connectivity index (χ4n) is 2.46. The molecule has 2 rings (SSSR count). The molecule has 0 atom stereocenters. The van der Waals surface area contributed by atoms with Gasteiger partial charge in [-0.25, -0.2) is 0 Å². The third-order valence-electron chi connectivity index (χ3n) is 3.97. The van der Waals surface area contributed by atoms with Crippen molar-refractivity contribution in [3.05, 3.63) is 33.9 Å². The molecule has 21 heavy (non-hydrogen) atoms. The van der Waals surface area contributed by atoms with Crippen LogP contribution in [0.5, 0.6) is 0 Å². The molecule has 1 amide bonds. The van der Waals surface area contributed by atoms with Crippen LogP contribution < -0.4 is 11.3 Å². The maximum absolute atomic E-state index is 12.6. The minimum absolute atomic E-state index is 0.114. The summed E-state index contributed by atoms with van der Waals surface area (Å²) in [5.41, 5.74) is 2.96. The largest absolute Gasteiger partial charge is 0.339 e. The van der Waals surface area contributed by atoms with Gasteiger partial charge in [0.2, 0.25) is 0 Å². The Morgan fingerprint density at radius 3 is 2.71 bits per heavy atom. The first kappa shape index (κ1) is 15.2. The number of nitro groups is 1. The van der Waals surface area contributed by atoms with Gasteiger partial charge in [-0.2, -0.15) is 0 Å². The van der Waals surface area contributed by atoms with Crippen molar-refractivity contribution in [1.82, 2.24) is 4.90 Å². The van der Waals surface area contributed by atoms with E-state index in [1.807, 2.05) is 6.92 Å². The van der Waals surface area contributed by atoms with E-state index in [-0.39, 0.29) is 17.2 Å². The average molecular weight is 292 g/mol. The summed E-state index contributed by atoms with van der Waals surface area (Å²) in [6.07, 6.45) is 3.49. The lowest BCUT2D eigenvalue weighted by atomic mass is 9.85. The molecule has 1 aliphatic rings. The van der Waals surface area contributed by atoms with Gasteiger partial charge >= 0.3 is 0 Å². The van der Waals surface area contributed by atoms with E-state index in [0.717, 1.165) is 12.8 Å². The van der Waals surface area contributed by atoms with E-state index >= 15 is 0 Å². The summed E-state index contributed by atoms with van der Waals surface area (Å²) < 4.78 is 0. The van der Waals surface area contributed by atoms with Gasteiger partial charge in [0.1, 0.15) is 0 Å². The van der Waals surface area contributed by atoms with E-state index in [2.05, 4.69) is 5.43 Å². The lowest BCUT2D eigenvalue weighted by Crippen LogP contribution is -2.37. The number of nitro benzene ring substituents is 1. The molecule has 7 nitrogen and oxygen atoms in total. The second kappa shape index (κ2) is 6.53. The van der Waals surface area contributed by atoms with E-state index < -0.39 is 4.92 Å². The highest BCUT2D eigenvalue weighted by Crippen LogP contribution is 2.29. The molecule has 1 fully saturated rings. The predicted octanol–water partition coefficient (Wildman–Crippen LogP) is 2.14. The number of benzene rings is 1. The van der Waals surface area contributed by atoms with E-state index in [9.17, 15) is 14.9 Å². The van der Waals surface area contributed by atoms with Crippen molar-refractivity contribution >= 4 is 17.3 Å². The van der Waals surface area contributed by atoms with Crippen molar-refractivity contribution in [2.45, 2.75) is 26.2 Å². The van der Waals surface area contributed by atoms with Gasteiger partial charge in [0, 0.05) is 25.2 Å². The number of carbonyl (C=O) groups excluding carboxylic acids is 1. The van der Waals surface area contributed by atoms with Crippen LogP contribution in [0.4, 0.5) is 11.4 Å². The molecule has 114 valence electrons. The van der Waals surface area contributed by atoms with Crippen LogP contribution in [0.2, 0.25) is 0 Å². The summed E-state index contributed by atoms with van der Waals surface area (Å²) in [6.45, 7) is 3.17. The van der Waals surface area contributed by atoms with Crippen LogP contribution in [-0.4, -0.2) is 28.8 Å². The lowest BCUT2D eigenvalue weighted by molar-refractivity contribution is -0.384. The van der Waals surface area contributed by atoms with Crippen LogP contribution in [0.3, 0.4) is 0 Å². The fourth-order valence-corrected chi connectivity index (χ4v) is 2.46. The Hall–Kier alpha value is -2.15. The molecular weight excluding hydrogens is 272 g/mol. The number of hydrazine groups is 1. The maximum atomic E-state index is 12.6. The number of nitrogens with one attached hydrogen (secondary N) is 1. The second-order valence-corrected chi connectivity index (χ2v) is 5.27. The predicted molar refractivity (Wildman–Crippen MR) is 79.8 cm³/mol. The van der Waals surface area contributed by atoms with Gasteiger partial charge in [-0.15, -0.1) is 0 Å². The summed E-state index contributed by atoms with van der Waals surface area (Å²) in [4.78, 5) is 24.7. The van der Waals surface area contributed by atoms with Gasteiger partial charge in [0.25, 0.3) is 11.6 Å². The fraction of sp³-hybridized carbons (Fsp3) is 0.500. The Morgan fingerprint density at radius 1 is 1.52 bits per heavy atom. The molecule has 1 aliphatic carbocycles. The maximum Gasteiger partial charge on any atom is 0.270 e. The van der Waals surface area contributed by atoms with Crippen molar-refractivity contribution in [2.75, 3.05) is 18.5 Å². The normalized spacial score (nSPS) is 14.4. The van der Waals surface area contributed by atoms with Crippen LogP contribution >= 0.6 is 0 Å². The van der Waals surface area contributed by atoms with Crippen LogP contribution in [0.15, 0.2) is 18.2 Å². The Bertz CT molecular complexity index is 543. The molecular formula is C14H20N4O3. The topological polar surface area (TPSA) is 102 Å². The Morgan fingerprint density at radius 2 is 2.24 bits per heavy atom. The van der Waals surface area contributed by atoms with E-state index in [1.54, 1.807) is 4.90 Å². The van der Waals surface area contributed by atoms with Crippen LogP contribution in [0, 0.1) is 16.0 Å². The first-order chi connectivity index (χ1) is 10.1. The smallest absolute Gasteiger partial charge is 0.270 e. The number of hydrogen-bond acceptors (Lipinski definition) is 5. The van der Waals surface area contributed by atoms with Crippen molar-refractivity contribution in [1.29, 1.82) is 0 Å². The number of nitrogens with zero attached hydrogens (tertiary/aromatic N) is 2. The van der Waals surface area contributed by atoms with Gasteiger partial charge < -0.3 is 10.3 Å². The molecule has 0 saturated heterocycles. The Labute approximate surface area is 123 Å². The monoisotopic (exact) mass is 292 g/mol. The highest BCUT2D eigenvalue weighted by atomic mass is 16.6. The van der Waals surface area contributed by atoms with Crippen molar-refractivity contribution < 1.29 is 9.72 Å². The summed E-state index contributed by atoms with van der Waals surface area (Å²) in [5.74, 6) is 5.73. The third kappa shape index (κ3) is 3.30. The molecule has 0 aromatic heterocycles. The molecule has 0 spiro atoms. The molecule has 0 aliphatic heterocycles. The van der Waals surface area contributed by atoms with Crippen molar-refractivity contribution in [2.24, 2.45) is 11.8 Å². The molecule has 1 saturated carbocycles. The quantitative estimate of drug-likeness (QED) is 0.475. The minimum Gasteiger partial charge on any atom is -0.339 e. The highest BCUT2D eigenvalue weighted by Gasteiger charge is 2.25. The van der Waals surface area contributed by atoms with Gasteiger partial charge in [-0.05, 0) is 31.7 Å². The molecule has 1 aromatic rings. The van der Waals surface area contributed by atoms with Crippen LogP contribution in [0.25, 0.3) is 0 Å². The average Bonchev–Trinajstić information content (AvgIpc) is 2.45. The summed E-state index contributed by atoms with van der Waals surface area (Å²) in [6, 6.07) is 4.07. The van der Waals surface area contributed by atoms with E-state index in [0.29, 0.717) is 24.7 Å². The van der Waals surface area contributed by atoms with E-state index in [1.165, 1.54) is 24.6 Å². The number of anilines is 1. The minimum atomic E-state index is -0.515. The Kier molecular flexibility index (Phi) is 4.74. The Balaban J connectivity index is 2.26. The molecule has 0 bridgehead atoms. The van der Waals surface area contributed by atoms with Crippen LogP contribution in [0.1, 0.15) is 36.5 Å². The number of carbonyl (C=O) groups is 1. The number of non-ortho nitro benzene ring substituents is 1. The van der Waals surface area contributed by atoms with Gasteiger partial charge in [-0.3, -0.25) is 20.8 Å². The third-order valence-corrected chi connectivity index (χ3v) is 3.97. The number of hydrogen-bond donors (Lipinski definition) is 2. The zero-order valence-electron chi connectivity index (χ0n) is 12.0. The molecule has 0 radical (unpaired) electrons. The SMILES string of the molecule is CCN(CC1CCC1)C(=O)c1cc([N+](=O)[O-])ccc1NN. The van der Waals surface area contributed by atoms with Gasteiger partial charge in [-0.1, -0.05) is 6.42 Å². The first-order valence-corrected chi connectivity index (χ1v) is 7.11. The zero-order chi connectivity index (χ0) is 15.4. The zero-order valence-corrected chi connectivity index (χ0v) is 12.0. The second-order valence-electron chi connectivity index (χ2n) is 5.27. The molecule has 0 unspecified atom stereocenters. The summed E-state index contributed by atoms with van der Waals surface area (Å²) in [7, 11) is 0. The molecule has 0 heterocycles. The molecule has 1 aromatic carbocycles. The number of amides is 1. The van der Waals surface area contributed by atoms with Gasteiger partial charge in [0.05, 0.1) is 16.2 Å². The summed E-state index contributed by atoms with van der Waals surface area (Å²) >= 11 is 0. The number of nitrogens with two attached hydrogens (primary N) is 1. The highest BCUT2D eigenvalue weighted by molar-refractivity contribution is 6.00. The standard InChI is InChI=1S/C14H20N4O3/c1-2-17(9-10-4-3-5-10)14(19)12-8-11(18(20)21)6-7-13(12)16-15/h6-8,10,16H,2-5,9,15H2,1H3. The summed E-state index contributed by atoms with van der Waals surface area (Å²) in [5, 5.41) is 10.9. The van der Waals surface area contributed by atoms with Crippen LogP contribution in [-0.2, 0) is 0 Å². The van der Waals surface area contributed by atoms with Gasteiger partial charge in [0.15, 0.2) is 0 Å².